The fourth-order valence-electron chi connectivity index (χ4n) is 1.67. The fraction of sp³-hybridized carbons (Fsp3) is 0.0714. The molecule has 0 atom stereocenters. The SMILES string of the molecule is Cc1ccc(C(=O)NN=Cc2cc(Cl)cc([N+](=O)[O-])c2O)cn1. The number of nitrogens with zero attached hydrogens (tertiary/aromatic N) is 3. The Hall–Kier alpha value is -3.00. The maximum Gasteiger partial charge on any atom is 0.312 e. The lowest BCUT2D eigenvalue weighted by atomic mass is 10.2. The molecule has 1 aromatic carbocycles. The number of halogens is 1. The smallest absolute Gasteiger partial charge is 0.312 e. The van der Waals surface area contributed by atoms with Gasteiger partial charge in [-0.1, -0.05) is 11.6 Å². The predicted molar refractivity (Wildman–Crippen MR) is 83.8 cm³/mol. The van der Waals surface area contributed by atoms with Crippen molar-refractivity contribution >= 4 is 29.4 Å². The summed E-state index contributed by atoms with van der Waals surface area (Å²) in [6.45, 7) is 1.79. The van der Waals surface area contributed by atoms with E-state index in [1.807, 2.05) is 0 Å². The number of aromatic nitrogens is 1. The molecule has 0 saturated heterocycles. The number of aryl methyl sites for hydroxylation is 1. The van der Waals surface area contributed by atoms with Crippen molar-refractivity contribution in [1.29, 1.82) is 0 Å². The molecule has 23 heavy (non-hydrogen) atoms. The third kappa shape index (κ3) is 4.01. The first kappa shape index (κ1) is 16.4. The summed E-state index contributed by atoms with van der Waals surface area (Å²) in [5, 5.41) is 24.3. The summed E-state index contributed by atoms with van der Waals surface area (Å²) in [6, 6.07) is 5.55. The van der Waals surface area contributed by atoms with Crippen LogP contribution in [0.25, 0.3) is 0 Å². The maximum absolute atomic E-state index is 11.8. The van der Waals surface area contributed by atoms with Gasteiger partial charge in [-0.15, -0.1) is 0 Å². The lowest BCUT2D eigenvalue weighted by molar-refractivity contribution is -0.385. The van der Waals surface area contributed by atoms with Crippen LogP contribution < -0.4 is 5.43 Å². The lowest BCUT2D eigenvalue weighted by Crippen LogP contribution is -2.17. The van der Waals surface area contributed by atoms with E-state index < -0.39 is 22.3 Å². The molecule has 0 unspecified atom stereocenters. The Kier molecular flexibility index (Phi) is 4.87. The van der Waals surface area contributed by atoms with Gasteiger partial charge in [0.2, 0.25) is 5.75 Å². The molecule has 0 saturated carbocycles. The number of aromatic hydroxyl groups is 1. The highest BCUT2D eigenvalue weighted by molar-refractivity contribution is 6.31. The van der Waals surface area contributed by atoms with E-state index in [0.717, 1.165) is 18.0 Å². The topological polar surface area (TPSA) is 118 Å². The second kappa shape index (κ2) is 6.84. The number of nitro groups is 1. The summed E-state index contributed by atoms with van der Waals surface area (Å²) in [4.78, 5) is 25.8. The molecule has 0 aliphatic carbocycles. The average Bonchev–Trinajstić information content (AvgIpc) is 2.50. The highest BCUT2D eigenvalue weighted by Gasteiger charge is 2.17. The first-order chi connectivity index (χ1) is 10.9. The van der Waals surface area contributed by atoms with Crippen LogP contribution in [-0.4, -0.2) is 27.1 Å². The number of carbonyl (C=O) groups excluding carboxylic acids is 1. The van der Waals surface area contributed by atoms with Crippen molar-refractivity contribution < 1.29 is 14.8 Å². The minimum Gasteiger partial charge on any atom is -0.502 e. The molecule has 8 nitrogen and oxygen atoms in total. The van der Waals surface area contributed by atoms with E-state index in [2.05, 4.69) is 15.5 Å². The van der Waals surface area contributed by atoms with Crippen molar-refractivity contribution in [3.63, 3.8) is 0 Å². The van der Waals surface area contributed by atoms with Gasteiger partial charge in [-0.3, -0.25) is 19.9 Å². The number of hydrogen-bond acceptors (Lipinski definition) is 6. The number of amides is 1. The van der Waals surface area contributed by atoms with Crippen LogP contribution in [0.3, 0.4) is 0 Å². The molecule has 0 aliphatic heterocycles. The van der Waals surface area contributed by atoms with Crippen LogP contribution in [0.1, 0.15) is 21.6 Å². The van der Waals surface area contributed by atoms with Gasteiger partial charge in [-0.25, -0.2) is 5.43 Å². The quantitative estimate of drug-likeness (QED) is 0.505. The lowest BCUT2D eigenvalue weighted by Gasteiger charge is -2.02. The van der Waals surface area contributed by atoms with E-state index >= 15 is 0 Å². The molecule has 2 rings (SSSR count). The highest BCUT2D eigenvalue weighted by atomic mass is 35.5. The van der Waals surface area contributed by atoms with Crippen molar-refractivity contribution in [2.75, 3.05) is 0 Å². The molecule has 0 fully saturated rings. The van der Waals surface area contributed by atoms with Gasteiger partial charge in [-0.2, -0.15) is 5.10 Å². The summed E-state index contributed by atoms with van der Waals surface area (Å²) in [5.41, 5.74) is 2.75. The summed E-state index contributed by atoms with van der Waals surface area (Å²) in [6.07, 6.45) is 2.45. The summed E-state index contributed by atoms with van der Waals surface area (Å²) in [5.74, 6) is -1.10. The molecule has 0 bridgehead atoms. The molecule has 2 aromatic rings. The second-order valence-corrected chi connectivity index (χ2v) is 4.94. The van der Waals surface area contributed by atoms with Crippen molar-refractivity contribution in [3.8, 4) is 5.75 Å². The zero-order valence-corrected chi connectivity index (χ0v) is 12.6. The Labute approximate surface area is 135 Å². The van der Waals surface area contributed by atoms with Crippen molar-refractivity contribution in [2.24, 2.45) is 5.10 Å². The van der Waals surface area contributed by atoms with Gasteiger partial charge in [0.25, 0.3) is 5.91 Å². The molecule has 0 radical (unpaired) electrons. The van der Waals surface area contributed by atoms with Gasteiger partial charge in [-0.05, 0) is 25.1 Å². The van der Waals surface area contributed by atoms with Crippen LogP contribution in [-0.2, 0) is 0 Å². The number of rotatable bonds is 4. The van der Waals surface area contributed by atoms with Crippen LogP contribution in [0.4, 0.5) is 5.69 Å². The normalized spacial score (nSPS) is 10.7. The molecule has 1 aromatic heterocycles. The third-order valence-corrected chi connectivity index (χ3v) is 3.04. The average molecular weight is 335 g/mol. The van der Waals surface area contributed by atoms with E-state index in [0.29, 0.717) is 5.56 Å². The number of pyridine rings is 1. The molecular weight excluding hydrogens is 324 g/mol. The summed E-state index contributed by atoms with van der Waals surface area (Å²) >= 11 is 5.75. The standard InChI is InChI=1S/C14H11ClN4O4/c1-8-2-3-9(6-16-8)14(21)18-17-7-10-4-11(15)5-12(13(10)20)19(22)23/h2-7,20H,1H3,(H,18,21). The zero-order valence-electron chi connectivity index (χ0n) is 11.9. The number of benzene rings is 1. The number of nitro benzene ring substituents is 1. The highest BCUT2D eigenvalue weighted by Crippen LogP contribution is 2.32. The summed E-state index contributed by atoms with van der Waals surface area (Å²) < 4.78 is 0. The van der Waals surface area contributed by atoms with E-state index in [1.165, 1.54) is 12.3 Å². The van der Waals surface area contributed by atoms with E-state index in [1.54, 1.807) is 19.1 Å². The molecule has 9 heteroatoms. The van der Waals surface area contributed by atoms with Crippen molar-refractivity contribution in [1.82, 2.24) is 10.4 Å². The number of nitrogens with one attached hydrogen (secondary N) is 1. The number of hydrogen-bond donors (Lipinski definition) is 2. The van der Waals surface area contributed by atoms with Crippen molar-refractivity contribution in [2.45, 2.75) is 6.92 Å². The van der Waals surface area contributed by atoms with Crippen molar-refractivity contribution in [3.05, 3.63) is 62.4 Å². The first-order valence-corrected chi connectivity index (χ1v) is 6.69. The second-order valence-electron chi connectivity index (χ2n) is 4.51. The number of hydrazone groups is 1. The Balaban J connectivity index is 2.16. The Morgan fingerprint density at radius 1 is 1.48 bits per heavy atom. The maximum atomic E-state index is 11.8. The molecule has 0 spiro atoms. The predicted octanol–water partition coefficient (Wildman–Crippen LogP) is 2.42. The van der Waals surface area contributed by atoms with E-state index in [4.69, 9.17) is 11.6 Å². The van der Waals surface area contributed by atoms with Gasteiger partial charge in [0.05, 0.1) is 16.7 Å². The van der Waals surface area contributed by atoms with Gasteiger partial charge < -0.3 is 5.11 Å². The minimum absolute atomic E-state index is 0.00605. The van der Waals surface area contributed by atoms with Gasteiger partial charge in [0.1, 0.15) is 0 Å². The third-order valence-electron chi connectivity index (χ3n) is 2.82. The fourth-order valence-corrected chi connectivity index (χ4v) is 1.89. The van der Waals surface area contributed by atoms with E-state index in [9.17, 15) is 20.0 Å². The number of phenols is 1. The van der Waals surface area contributed by atoms with Gasteiger partial charge in [0.15, 0.2) is 0 Å². The minimum atomic E-state index is -0.769. The van der Waals surface area contributed by atoms with E-state index in [-0.39, 0.29) is 10.6 Å². The molecule has 1 amide bonds. The van der Waals surface area contributed by atoms with Crippen LogP contribution in [0.5, 0.6) is 5.75 Å². The van der Waals surface area contributed by atoms with Gasteiger partial charge in [0, 0.05) is 28.5 Å². The Bertz CT molecular complexity index is 790. The number of carbonyl (C=O) groups is 1. The Morgan fingerprint density at radius 3 is 2.83 bits per heavy atom. The van der Waals surface area contributed by atoms with Crippen LogP contribution in [0, 0.1) is 17.0 Å². The molecular formula is C14H11ClN4O4. The summed E-state index contributed by atoms with van der Waals surface area (Å²) in [7, 11) is 0. The van der Waals surface area contributed by atoms with Crippen LogP contribution in [0.15, 0.2) is 35.6 Å². The van der Waals surface area contributed by atoms with Crippen LogP contribution in [0.2, 0.25) is 5.02 Å². The largest absolute Gasteiger partial charge is 0.502 e. The molecule has 1 heterocycles. The Morgan fingerprint density at radius 2 is 2.22 bits per heavy atom. The first-order valence-electron chi connectivity index (χ1n) is 6.31. The zero-order chi connectivity index (χ0) is 17.0. The molecule has 118 valence electrons. The number of phenolic OH excluding ortho intramolecular Hbond substituents is 1. The van der Waals surface area contributed by atoms with Crippen LogP contribution >= 0.6 is 11.6 Å². The van der Waals surface area contributed by atoms with Gasteiger partial charge >= 0.3 is 5.69 Å². The molecule has 2 N–H and O–H groups in total. The molecule has 0 aliphatic rings. The monoisotopic (exact) mass is 334 g/mol.